The van der Waals surface area contributed by atoms with Crippen molar-refractivity contribution < 1.29 is 107 Å². The molecule has 6 aromatic heterocycles. The molecule has 0 aromatic carbocycles. The molecule has 10 rings (SSSR count). The summed E-state index contributed by atoms with van der Waals surface area (Å²) in [5, 5.41) is 51.2. The van der Waals surface area contributed by atoms with Gasteiger partial charge in [0.25, 0.3) is 23.6 Å². The van der Waals surface area contributed by atoms with Gasteiger partial charge in [-0.1, -0.05) is 10.3 Å². The van der Waals surface area contributed by atoms with E-state index in [9.17, 15) is 65.3 Å². The Labute approximate surface area is 496 Å². The fourth-order valence-corrected chi connectivity index (χ4v) is 13.3. The molecule has 4 amide bonds. The highest BCUT2D eigenvalue weighted by atomic mass is 32.2. The number of nitrogen functional groups attached to an aromatic ring is 2. The van der Waals surface area contributed by atoms with E-state index >= 15 is 0 Å². The summed E-state index contributed by atoms with van der Waals surface area (Å²) < 4.78 is 96.4. The molecule has 40 heteroatoms. The minimum absolute atomic E-state index is 0.0569. The van der Waals surface area contributed by atoms with Gasteiger partial charge < -0.3 is 56.4 Å². The van der Waals surface area contributed by atoms with Crippen molar-refractivity contribution in [1.82, 2.24) is 30.4 Å². The molecule has 2 saturated heterocycles. The molecule has 27 nitrogen and oxygen atoms in total. The lowest BCUT2D eigenvalue weighted by molar-refractivity contribution is -0.686. The molecule has 6 aromatic rings. The number of carboxylic acid groups (broad SMARTS) is 3. The number of fused-ring (bicyclic) bond motifs is 4. The van der Waals surface area contributed by atoms with E-state index < -0.39 is 87.5 Å². The lowest BCUT2D eigenvalue weighted by atomic mass is 9.94. The van der Waals surface area contributed by atoms with Crippen LogP contribution in [0.1, 0.15) is 11.4 Å². The number of amides is 4. The third-order valence-corrected chi connectivity index (χ3v) is 17.7. The second kappa shape index (κ2) is 26.5. The molecule has 10 heterocycles. The van der Waals surface area contributed by atoms with Crippen LogP contribution < -0.4 is 36.3 Å². The monoisotopic (exact) mass is 1320 g/mol. The van der Waals surface area contributed by atoms with Gasteiger partial charge in [0.1, 0.15) is 55.1 Å². The first-order valence-corrected chi connectivity index (χ1v) is 30.0. The molecule has 0 spiro atoms. The van der Waals surface area contributed by atoms with Gasteiger partial charge in [-0.05, 0) is 22.9 Å². The van der Waals surface area contributed by atoms with E-state index in [1.54, 1.807) is 33.4 Å². The molecular weight excluding hydrogens is 1290 g/mol. The SMILES string of the molecule is CON=C(C(=O)NC1C(=O)N2C(C(=O)O)=C(C[n+]3ccc4ccsc4c3)SCC12)c1csc(N)n1.CON=C(C(=O)NC1C(=O)N2C(C(=O)O)=C(C[n+]3ccc4ccsc4c3)SCC12)c1csc(N)n1.O=C([O-])C(F)(F)F.O=S(=O)([O-])C(F)(F)F. The summed E-state index contributed by atoms with van der Waals surface area (Å²) in [5.74, 6) is -6.82. The number of pyridine rings is 2. The second-order valence-corrected chi connectivity index (χ2v) is 24.3. The number of alkyl halides is 6. The number of carboxylic acids is 3. The molecule has 0 aliphatic carbocycles. The highest BCUT2D eigenvalue weighted by Gasteiger charge is 2.56. The van der Waals surface area contributed by atoms with Crippen molar-refractivity contribution in [3.8, 4) is 0 Å². The number of nitrogens with zero attached hydrogens (tertiary/aromatic N) is 8. The Bertz CT molecular complexity index is 3650. The van der Waals surface area contributed by atoms with Crippen molar-refractivity contribution in [2.75, 3.05) is 37.2 Å². The first kappa shape index (κ1) is 64.5. The number of hydrogen-bond acceptors (Lipinski definition) is 25. The molecule has 0 bridgehead atoms. The predicted molar refractivity (Wildman–Crippen MR) is 290 cm³/mol. The number of allylic oxidation sites excluding steroid dienone is 2. The second-order valence-electron chi connectivity index (χ2n) is 17.0. The minimum Gasteiger partial charge on any atom is -0.741 e. The van der Waals surface area contributed by atoms with E-state index in [4.69, 9.17) is 44.0 Å². The van der Waals surface area contributed by atoms with Crippen LogP contribution in [0.25, 0.3) is 20.2 Å². The van der Waals surface area contributed by atoms with E-state index in [0.29, 0.717) is 34.4 Å². The number of β-lactam (4-membered cyclic amide) rings is 2. The van der Waals surface area contributed by atoms with Crippen LogP contribution in [0.15, 0.2) is 102 Å². The van der Waals surface area contributed by atoms with Crippen LogP contribution in [-0.4, -0.2) is 157 Å². The van der Waals surface area contributed by atoms with E-state index in [1.807, 2.05) is 68.9 Å². The molecule has 452 valence electrons. The van der Waals surface area contributed by atoms with Crippen molar-refractivity contribution >= 4 is 162 Å². The smallest absolute Gasteiger partial charge is 0.485 e. The Balaban J connectivity index is 0.000000197. The zero-order valence-electron chi connectivity index (χ0n) is 42.6. The van der Waals surface area contributed by atoms with Gasteiger partial charge >= 0.3 is 23.6 Å². The molecule has 0 radical (unpaired) electrons. The van der Waals surface area contributed by atoms with Crippen LogP contribution in [0, 0.1) is 0 Å². The third-order valence-electron chi connectivity index (χ3n) is 11.7. The van der Waals surface area contributed by atoms with Crippen LogP contribution in [0.2, 0.25) is 0 Å². The van der Waals surface area contributed by atoms with Crippen molar-refractivity contribution in [3.05, 3.63) is 103 Å². The van der Waals surface area contributed by atoms with Gasteiger partial charge in [-0.2, -0.15) is 35.5 Å². The van der Waals surface area contributed by atoms with E-state index in [-0.39, 0.29) is 44.5 Å². The summed E-state index contributed by atoms with van der Waals surface area (Å²) >= 11 is 8.22. The number of nitrogens with one attached hydrogen (secondary N) is 2. The van der Waals surface area contributed by atoms with Gasteiger partial charge in [0.05, 0.1) is 31.3 Å². The van der Waals surface area contributed by atoms with E-state index in [1.165, 1.54) is 47.5 Å². The van der Waals surface area contributed by atoms with Crippen molar-refractivity contribution in [2.24, 2.45) is 10.3 Å². The number of thioether (sulfide) groups is 2. The summed E-state index contributed by atoms with van der Waals surface area (Å²) in [6, 6.07) is 5.20. The van der Waals surface area contributed by atoms with Crippen LogP contribution in [0.4, 0.5) is 36.6 Å². The number of anilines is 2. The minimum atomic E-state index is -6.09. The number of carbonyl (C=O) groups excluding carboxylic acids is 5. The highest BCUT2D eigenvalue weighted by Crippen LogP contribution is 2.41. The zero-order valence-corrected chi connectivity index (χ0v) is 48.3. The first-order chi connectivity index (χ1) is 39.9. The molecule has 2 fully saturated rings. The number of oxime groups is 2. The maximum atomic E-state index is 13.0. The molecule has 4 unspecified atom stereocenters. The summed E-state index contributed by atoms with van der Waals surface area (Å²) in [6.45, 7) is 0.646. The number of thiophene rings is 2. The Morgan fingerprint density at radius 2 is 1.08 bits per heavy atom. The number of aromatic nitrogens is 4. The molecule has 85 heavy (non-hydrogen) atoms. The number of aliphatic carboxylic acids is 3. The van der Waals surface area contributed by atoms with Gasteiger partial charge in [0.15, 0.2) is 69.7 Å². The molecule has 0 saturated carbocycles. The lowest BCUT2D eigenvalue weighted by Gasteiger charge is -2.49. The summed E-state index contributed by atoms with van der Waals surface area (Å²) in [4.78, 5) is 106. The Hall–Kier alpha value is -8.02. The molecule has 4 aliphatic heterocycles. The Morgan fingerprint density at radius 1 is 0.718 bits per heavy atom. The van der Waals surface area contributed by atoms with Crippen LogP contribution in [-0.2, 0) is 66.4 Å². The van der Waals surface area contributed by atoms with Crippen LogP contribution >= 0.6 is 68.9 Å². The number of thiazole rings is 2. The highest BCUT2D eigenvalue weighted by molar-refractivity contribution is 8.03. The van der Waals surface area contributed by atoms with Crippen molar-refractivity contribution in [2.45, 2.75) is 48.9 Å². The predicted octanol–water partition coefficient (Wildman–Crippen LogP) is 1.38. The van der Waals surface area contributed by atoms with Gasteiger partial charge in [0, 0.05) is 45.2 Å². The van der Waals surface area contributed by atoms with E-state index in [2.05, 4.69) is 30.9 Å². The molecule has 4 atom stereocenters. The zero-order chi connectivity index (χ0) is 62.5. The van der Waals surface area contributed by atoms with Gasteiger partial charge in [-0.15, -0.1) is 68.9 Å². The van der Waals surface area contributed by atoms with Crippen molar-refractivity contribution in [1.29, 1.82) is 0 Å². The maximum Gasteiger partial charge on any atom is 0.485 e. The largest absolute Gasteiger partial charge is 0.741 e. The molecule has 4 aliphatic rings. The number of halogens is 6. The Morgan fingerprint density at radius 3 is 1.38 bits per heavy atom. The number of hydrogen-bond donors (Lipinski definition) is 6. The normalized spacial score (nSPS) is 18.7. The fraction of sp³-hybridized carbons (Fsp3) is 0.267. The summed E-state index contributed by atoms with van der Waals surface area (Å²) in [7, 11) is -3.51. The van der Waals surface area contributed by atoms with E-state index in [0.717, 1.165) is 42.8 Å². The maximum absolute atomic E-state index is 13.0. The molecule has 8 N–H and O–H groups in total. The summed E-state index contributed by atoms with van der Waals surface area (Å²) in [6.07, 6.45) is 2.50. The average molecular weight is 1330 g/mol. The van der Waals surface area contributed by atoms with Gasteiger partial charge in [0.2, 0.25) is 0 Å². The first-order valence-electron chi connectivity index (χ1n) is 23.1. The quantitative estimate of drug-likeness (QED) is 0.0171. The summed E-state index contributed by atoms with van der Waals surface area (Å²) in [5.41, 5.74) is 5.75. The number of nitrogens with two attached hydrogens (primary N) is 2. The standard InChI is InChI=1S/2C21H18N6O5S3.C2HF3O2.CHF3O3S/c2*1-32-25-15(11-8-35-21(22)23-11)18(28)24-16-12-9-34-14(17(20(30)31)27(12)19(16)29)7-26-4-2-10-3-5-33-13(10)6-26;3-2(4,5)1(6)7;2-1(3,4)8(5,6)7/h2*2-6,8,12,16H,7,9H2,1H3,(H3-,22,23,24,28,30,31);(H,6,7);(H,5,6,7). The van der Waals surface area contributed by atoms with Crippen LogP contribution in [0.3, 0.4) is 0 Å². The van der Waals surface area contributed by atoms with Gasteiger partial charge in [-0.3, -0.25) is 29.0 Å². The van der Waals surface area contributed by atoms with Gasteiger partial charge in [-0.25, -0.2) is 28.0 Å². The lowest BCUT2D eigenvalue weighted by Crippen LogP contribution is -2.73. The fourth-order valence-electron chi connectivity index (χ4n) is 7.98. The molecular formula is C45H38F6N12O15S7. The number of carbonyl (C=O) groups is 7. The third kappa shape index (κ3) is 14.9. The number of rotatable bonds is 14. The van der Waals surface area contributed by atoms with Crippen LogP contribution in [0.5, 0.6) is 0 Å². The van der Waals surface area contributed by atoms with Crippen molar-refractivity contribution in [3.63, 3.8) is 0 Å². The topological polar surface area (TPSA) is 400 Å². The Kier molecular flexibility index (Phi) is 20.1. The average Bonchev–Trinajstić information content (AvgIpc) is 1.42.